The molecule has 5 rings (SSSR count). The maximum absolute atomic E-state index is 13.6. The van der Waals surface area contributed by atoms with E-state index in [4.69, 9.17) is 14.5 Å². The molecule has 0 aliphatic carbocycles. The van der Waals surface area contributed by atoms with E-state index in [1.54, 1.807) is 25.1 Å². The molecule has 1 aliphatic heterocycles. The maximum atomic E-state index is 13.6. The molecule has 258 valence electrons. The summed E-state index contributed by atoms with van der Waals surface area (Å²) >= 11 is 0. The Bertz CT molecular complexity index is 1890. The van der Waals surface area contributed by atoms with Crippen LogP contribution in [-0.4, -0.2) is 40.2 Å². The number of aromatic carboxylic acids is 1. The average Bonchev–Trinajstić information content (AvgIpc) is 3.31. The lowest BCUT2D eigenvalue weighted by molar-refractivity contribution is -0.143. The van der Waals surface area contributed by atoms with Crippen molar-refractivity contribution in [2.75, 3.05) is 7.11 Å². The van der Waals surface area contributed by atoms with Crippen molar-refractivity contribution in [3.05, 3.63) is 106 Å². The van der Waals surface area contributed by atoms with E-state index < -0.39 is 53.3 Å². The van der Waals surface area contributed by atoms with Gasteiger partial charge in [0, 0.05) is 16.8 Å². The first-order valence-electron chi connectivity index (χ1n) is 15.2. The Labute approximate surface area is 278 Å². The summed E-state index contributed by atoms with van der Waals surface area (Å²) in [6.07, 6.45) is -12.5. The molecule has 1 saturated heterocycles. The highest BCUT2D eigenvalue weighted by atomic mass is 19.4. The number of halogens is 6. The zero-order valence-electron chi connectivity index (χ0n) is 27.0. The second-order valence-corrected chi connectivity index (χ2v) is 12.1. The van der Waals surface area contributed by atoms with E-state index in [-0.39, 0.29) is 24.1 Å². The Morgan fingerprint density at radius 1 is 0.918 bits per heavy atom. The second-order valence-electron chi connectivity index (χ2n) is 12.1. The number of hydrogen-bond acceptors (Lipinski definition) is 5. The van der Waals surface area contributed by atoms with Crippen LogP contribution in [0.4, 0.5) is 31.1 Å². The van der Waals surface area contributed by atoms with Crippen molar-refractivity contribution in [1.82, 2.24) is 9.88 Å². The normalized spacial score (nSPS) is 16.7. The van der Waals surface area contributed by atoms with Crippen LogP contribution in [0.5, 0.6) is 5.75 Å². The molecule has 3 aromatic carbocycles. The summed E-state index contributed by atoms with van der Waals surface area (Å²) in [5, 5.41) is 9.40. The van der Waals surface area contributed by atoms with Crippen LogP contribution in [-0.2, 0) is 23.6 Å². The van der Waals surface area contributed by atoms with Crippen molar-refractivity contribution in [2.24, 2.45) is 0 Å². The quantitative estimate of drug-likeness (QED) is 0.186. The molecule has 0 saturated carbocycles. The predicted molar refractivity (Wildman–Crippen MR) is 168 cm³/mol. The van der Waals surface area contributed by atoms with Crippen molar-refractivity contribution in [2.45, 2.75) is 64.7 Å². The number of carbonyl (C=O) groups is 2. The van der Waals surface area contributed by atoms with Crippen LogP contribution in [0.2, 0.25) is 0 Å². The number of pyridine rings is 1. The molecular weight excluding hydrogens is 654 g/mol. The second kappa shape index (κ2) is 13.1. The number of carbonyl (C=O) groups excluding carboxylic acids is 1. The Morgan fingerprint density at radius 2 is 1.55 bits per heavy atom. The number of carboxylic acids is 1. The summed E-state index contributed by atoms with van der Waals surface area (Å²) in [6, 6.07) is 14.0. The zero-order chi connectivity index (χ0) is 36.0. The molecule has 1 unspecified atom stereocenters. The number of ether oxygens (including phenoxy) is 2. The smallest absolute Gasteiger partial charge is 0.416 e. The first-order valence-corrected chi connectivity index (χ1v) is 15.2. The highest BCUT2D eigenvalue weighted by Crippen LogP contribution is 2.42. The Kier molecular flexibility index (Phi) is 9.42. The molecule has 7 nitrogen and oxygen atoms in total. The minimum atomic E-state index is -5.07. The fraction of sp³-hybridized carbons (Fsp3) is 0.306. The predicted octanol–water partition coefficient (Wildman–Crippen LogP) is 9.67. The summed E-state index contributed by atoms with van der Waals surface area (Å²) in [5.41, 5.74) is 1.12. The molecule has 4 aromatic rings. The van der Waals surface area contributed by atoms with E-state index in [0.29, 0.717) is 46.0 Å². The molecule has 13 heteroatoms. The van der Waals surface area contributed by atoms with Gasteiger partial charge in [-0.15, -0.1) is 0 Å². The number of nitrogens with zero attached hydrogens (tertiary/aromatic N) is 2. The van der Waals surface area contributed by atoms with Crippen LogP contribution in [0.25, 0.3) is 22.3 Å². The number of methoxy groups -OCH3 is 1. The fourth-order valence-electron chi connectivity index (χ4n) is 5.88. The monoisotopic (exact) mass is 686 g/mol. The summed E-state index contributed by atoms with van der Waals surface area (Å²) in [4.78, 5) is 30.8. The minimum Gasteiger partial charge on any atom is -0.496 e. The minimum absolute atomic E-state index is 0.0276. The van der Waals surface area contributed by atoms with Crippen molar-refractivity contribution in [3.8, 4) is 28.0 Å². The van der Waals surface area contributed by atoms with Crippen LogP contribution in [0.15, 0.2) is 66.7 Å². The number of hydrogen-bond donors (Lipinski definition) is 1. The largest absolute Gasteiger partial charge is 0.496 e. The third kappa shape index (κ3) is 7.20. The first kappa shape index (κ1) is 35.2. The van der Waals surface area contributed by atoms with Crippen LogP contribution >= 0.6 is 0 Å². The zero-order valence-corrected chi connectivity index (χ0v) is 27.0. The van der Waals surface area contributed by atoms with Crippen molar-refractivity contribution in [1.29, 1.82) is 0 Å². The summed E-state index contributed by atoms with van der Waals surface area (Å²) in [5.74, 6) is -0.628. The lowest BCUT2D eigenvalue weighted by Crippen LogP contribution is -2.32. The van der Waals surface area contributed by atoms with Crippen LogP contribution < -0.4 is 4.74 Å². The van der Waals surface area contributed by atoms with E-state index in [9.17, 15) is 41.0 Å². The van der Waals surface area contributed by atoms with Gasteiger partial charge in [-0.2, -0.15) is 26.3 Å². The Hall–Kier alpha value is -5.07. The molecule has 0 bridgehead atoms. The number of rotatable bonds is 8. The lowest BCUT2D eigenvalue weighted by Gasteiger charge is -2.24. The molecule has 0 radical (unpaired) electrons. The molecular formula is C36H32F6N2O5. The summed E-state index contributed by atoms with van der Waals surface area (Å²) in [6.45, 7) is 6.93. The fourth-order valence-corrected chi connectivity index (χ4v) is 5.88. The average molecular weight is 687 g/mol. The number of benzene rings is 3. The number of aromatic nitrogens is 1. The third-order valence-corrected chi connectivity index (χ3v) is 8.51. The van der Waals surface area contributed by atoms with E-state index in [1.807, 2.05) is 38.1 Å². The molecule has 1 aromatic heterocycles. The Morgan fingerprint density at radius 3 is 2.10 bits per heavy atom. The first-order chi connectivity index (χ1) is 22.9. The number of cyclic esters (lactones) is 1. The van der Waals surface area contributed by atoms with E-state index in [2.05, 4.69) is 0 Å². The van der Waals surface area contributed by atoms with Crippen molar-refractivity contribution in [3.63, 3.8) is 0 Å². The molecule has 0 spiro atoms. The molecule has 2 atom stereocenters. The van der Waals surface area contributed by atoms with Crippen LogP contribution in [0.3, 0.4) is 0 Å². The van der Waals surface area contributed by atoms with Gasteiger partial charge in [-0.05, 0) is 90.6 Å². The summed E-state index contributed by atoms with van der Waals surface area (Å²) < 4.78 is 92.8. The van der Waals surface area contributed by atoms with Gasteiger partial charge in [-0.3, -0.25) is 9.88 Å². The van der Waals surface area contributed by atoms with E-state index in [1.165, 1.54) is 25.0 Å². The van der Waals surface area contributed by atoms with Gasteiger partial charge >= 0.3 is 24.4 Å². The van der Waals surface area contributed by atoms with Gasteiger partial charge < -0.3 is 14.6 Å². The molecule has 1 fully saturated rings. The van der Waals surface area contributed by atoms with Gasteiger partial charge in [0.05, 0.1) is 42.1 Å². The summed E-state index contributed by atoms with van der Waals surface area (Å²) in [7, 11) is 1.48. The molecule has 1 N–H and O–H groups in total. The highest BCUT2D eigenvalue weighted by molar-refractivity contribution is 5.89. The van der Waals surface area contributed by atoms with Gasteiger partial charge in [-0.1, -0.05) is 32.0 Å². The van der Waals surface area contributed by atoms with Gasteiger partial charge in [0.2, 0.25) is 0 Å². The van der Waals surface area contributed by atoms with Crippen LogP contribution in [0.1, 0.15) is 76.8 Å². The van der Waals surface area contributed by atoms with E-state index in [0.717, 1.165) is 11.1 Å². The van der Waals surface area contributed by atoms with E-state index >= 15 is 0 Å². The van der Waals surface area contributed by atoms with Gasteiger partial charge in [-0.25, -0.2) is 9.59 Å². The SMILES string of the molecule is COc1ccc(-c2ccc(C(=O)O)cc2C)cc1-c1ccc(C(C)C)nc1CN1C(=O)OC(c2cc(C(F)(F)F)cc(C(F)(F)F)c2)[C@@H]1C. The van der Waals surface area contributed by atoms with Gasteiger partial charge in [0.25, 0.3) is 0 Å². The van der Waals surface area contributed by atoms with Crippen molar-refractivity contribution >= 4 is 12.1 Å². The number of amides is 1. The molecule has 1 amide bonds. The van der Waals surface area contributed by atoms with Crippen molar-refractivity contribution < 1.29 is 50.5 Å². The van der Waals surface area contributed by atoms with Gasteiger partial charge in [0.1, 0.15) is 11.9 Å². The lowest BCUT2D eigenvalue weighted by atomic mass is 9.93. The number of alkyl halides is 6. The van der Waals surface area contributed by atoms with Crippen LogP contribution in [0, 0.1) is 6.92 Å². The number of aryl methyl sites for hydroxylation is 1. The van der Waals surface area contributed by atoms with Gasteiger partial charge in [0.15, 0.2) is 0 Å². The third-order valence-electron chi connectivity index (χ3n) is 8.51. The molecule has 2 heterocycles. The molecule has 49 heavy (non-hydrogen) atoms. The maximum Gasteiger partial charge on any atom is 0.416 e. The Balaban J connectivity index is 1.57. The number of carboxylic acid groups (broad SMARTS) is 1. The highest BCUT2D eigenvalue weighted by Gasteiger charge is 2.43. The molecule has 1 aliphatic rings. The topological polar surface area (TPSA) is 89.0 Å². The standard InChI is InChI=1S/C36H32F6N2O5/c1-18(2)29-10-9-27(28-15-21(7-11-31(28)48-5)26-8-6-22(33(45)46)12-19(26)3)30(43-29)17-44-20(4)32(49-34(44)47)23-13-24(35(37,38)39)16-25(14-23)36(40,41)42/h6-16,18,20,32H,17H2,1-5H3,(H,45,46)/t20-,32?/m0/s1.